The molecule has 0 unspecified atom stereocenters. The predicted molar refractivity (Wildman–Crippen MR) is 74.5 cm³/mol. The SMILES string of the molecule is Nc1cnc(NCCC(=O)N2CCCC2)c(C(=O)O)c1. The number of rotatable bonds is 5. The molecule has 0 atom stereocenters. The molecule has 1 fully saturated rings. The predicted octanol–water partition coefficient (Wildman–Crippen LogP) is 0.786. The number of hydrogen-bond acceptors (Lipinski definition) is 5. The molecule has 1 amide bonds. The summed E-state index contributed by atoms with van der Waals surface area (Å²) in [7, 11) is 0. The molecule has 1 saturated heterocycles. The quantitative estimate of drug-likeness (QED) is 0.734. The summed E-state index contributed by atoms with van der Waals surface area (Å²) in [6.07, 6.45) is 3.83. The first-order chi connectivity index (χ1) is 9.58. The number of nitrogens with zero attached hydrogens (tertiary/aromatic N) is 2. The number of aromatic carboxylic acids is 1. The topological polar surface area (TPSA) is 109 Å². The van der Waals surface area contributed by atoms with Crippen LogP contribution in [-0.2, 0) is 4.79 Å². The number of carbonyl (C=O) groups is 2. The summed E-state index contributed by atoms with van der Waals surface area (Å²) in [5.74, 6) is -0.776. The van der Waals surface area contributed by atoms with E-state index < -0.39 is 5.97 Å². The van der Waals surface area contributed by atoms with E-state index in [-0.39, 0.29) is 17.3 Å². The highest BCUT2D eigenvalue weighted by Gasteiger charge is 2.18. The normalized spacial score (nSPS) is 14.3. The number of likely N-dealkylation sites (tertiary alicyclic amines) is 1. The van der Waals surface area contributed by atoms with E-state index in [1.165, 1.54) is 12.3 Å². The summed E-state index contributed by atoms with van der Waals surface area (Å²) in [6, 6.07) is 1.35. The number of nitrogens with two attached hydrogens (primary N) is 1. The fourth-order valence-electron chi connectivity index (χ4n) is 2.20. The minimum atomic E-state index is -1.10. The average Bonchev–Trinajstić information content (AvgIpc) is 2.94. The van der Waals surface area contributed by atoms with Gasteiger partial charge in [0.25, 0.3) is 0 Å². The molecule has 0 radical (unpaired) electrons. The maximum atomic E-state index is 11.8. The van der Waals surface area contributed by atoms with Crippen LogP contribution in [-0.4, -0.2) is 46.5 Å². The maximum Gasteiger partial charge on any atom is 0.339 e. The van der Waals surface area contributed by atoms with E-state index in [1.807, 2.05) is 4.90 Å². The summed E-state index contributed by atoms with van der Waals surface area (Å²) < 4.78 is 0. The Kier molecular flexibility index (Phi) is 4.39. The van der Waals surface area contributed by atoms with E-state index >= 15 is 0 Å². The molecule has 0 bridgehead atoms. The lowest BCUT2D eigenvalue weighted by molar-refractivity contribution is -0.129. The van der Waals surface area contributed by atoms with E-state index in [1.54, 1.807) is 0 Å². The van der Waals surface area contributed by atoms with Crippen LogP contribution in [0.4, 0.5) is 11.5 Å². The molecule has 4 N–H and O–H groups in total. The molecule has 2 rings (SSSR count). The van der Waals surface area contributed by atoms with Crippen LogP contribution in [0.3, 0.4) is 0 Å². The highest BCUT2D eigenvalue weighted by Crippen LogP contribution is 2.16. The third kappa shape index (κ3) is 3.37. The van der Waals surface area contributed by atoms with Crippen molar-refractivity contribution in [2.75, 3.05) is 30.7 Å². The Morgan fingerprint density at radius 3 is 2.75 bits per heavy atom. The molecule has 7 nitrogen and oxygen atoms in total. The Morgan fingerprint density at radius 2 is 2.10 bits per heavy atom. The molecule has 1 aliphatic heterocycles. The summed E-state index contributed by atoms with van der Waals surface area (Å²) in [6.45, 7) is 1.99. The standard InChI is InChI=1S/C13H18N4O3/c14-9-7-10(13(19)20)12(16-8-9)15-4-3-11(18)17-5-1-2-6-17/h7-8H,1-6,14H2,(H,15,16)(H,19,20). The fraction of sp³-hybridized carbons (Fsp3) is 0.462. The van der Waals surface area contributed by atoms with Gasteiger partial charge in [-0.05, 0) is 18.9 Å². The van der Waals surface area contributed by atoms with Crippen molar-refractivity contribution in [3.8, 4) is 0 Å². The van der Waals surface area contributed by atoms with Crippen molar-refractivity contribution in [1.29, 1.82) is 0 Å². The smallest absolute Gasteiger partial charge is 0.339 e. The van der Waals surface area contributed by atoms with Crippen LogP contribution in [0.1, 0.15) is 29.6 Å². The van der Waals surface area contributed by atoms with Gasteiger partial charge >= 0.3 is 5.97 Å². The molecule has 2 heterocycles. The monoisotopic (exact) mass is 278 g/mol. The molecule has 1 aromatic heterocycles. The van der Waals surface area contributed by atoms with Crippen LogP contribution in [0.25, 0.3) is 0 Å². The molecule has 1 aliphatic rings. The molecule has 0 aliphatic carbocycles. The summed E-state index contributed by atoms with van der Waals surface area (Å²) in [5, 5.41) is 11.9. The van der Waals surface area contributed by atoms with Crippen molar-refractivity contribution >= 4 is 23.4 Å². The molecule has 20 heavy (non-hydrogen) atoms. The van der Waals surface area contributed by atoms with Gasteiger partial charge in [0.1, 0.15) is 11.4 Å². The zero-order valence-electron chi connectivity index (χ0n) is 11.1. The van der Waals surface area contributed by atoms with Crippen molar-refractivity contribution < 1.29 is 14.7 Å². The van der Waals surface area contributed by atoms with Gasteiger partial charge in [0.05, 0.1) is 11.9 Å². The third-order valence-electron chi connectivity index (χ3n) is 3.23. The molecule has 0 saturated carbocycles. The van der Waals surface area contributed by atoms with Gasteiger partial charge in [-0.3, -0.25) is 4.79 Å². The second-order valence-electron chi connectivity index (χ2n) is 4.73. The van der Waals surface area contributed by atoms with Crippen LogP contribution in [0, 0.1) is 0 Å². The Bertz CT molecular complexity index is 512. The second-order valence-corrected chi connectivity index (χ2v) is 4.73. The first-order valence-corrected chi connectivity index (χ1v) is 6.58. The lowest BCUT2D eigenvalue weighted by atomic mass is 10.2. The first kappa shape index (κ1) is 14.1. The van der Waals surface area contributed by atoms with E-state index in [9.17, 15) is 9.59 Å². The van der Waals surface area contributed by atoms with Crippen LogP contribution in [0.15, 0.2) is 12.3 Å². The van der Waals surface area contributed by atoms with Gasteiger partial charge in [-0.1, -0.05) is 0 Å². The van der Waals surface area contributed by atoms with Crippen LogP contribution >= 0.6 is 0 Å². The molecule has 1 aromatic rings. The van der Waals surface area contributed by atoms with E-state index in [0.29, 0.717) is 18.7 Å². The first-order valence-electron chi connectivity index (χ1n) is 6.58. The number of carbonyl (C=O) groups excluding carboxylic acids is 1. The van der Waals surface area contributed by atoms with Crippen LogP contribution < -0.4 is 11.1 Å². The lowest BCUT2D eigenvalue weighted by Gasteiger charge is -2.15. The van der Waals surface area contributed by atoms with Crippen LogP contribution in [0.5, 0.6) is 0 Å². The summed E-state index contributed by atoms with van der Waals surface area (Å²) in [4.78, 5) is 28.7. The largest absolute Gasteiger partial charge is 0.478 e. The van der Waals surface area contributed by atoms with Gasteiger partial charge < -0.3 is 21.1 Å². The van der Waals surface area contributed by atoms with Crippen molar-refractivity contribution in [2.24, 2.45) is 0 Å². The zero-order valence-corrected chi connectivity index (χ0v) is 11.1. The Balaban J connectivity index is 1.90. The Labute approximate surface area is 116 Å². The fourth-order valence-corrected chi connectivity index (χ4v) is 2.20. The van der Waals surface area contributed by atoms with E-state index in [0.717, 1.165) is 25.9 Å². The molecule has 0 aromatic carbocycles. The number of nitrogen functional groups attached to an aromatic ring is 1. The third-order valence-corrected chi connectivity index (χ3v) is 3.23. The number of carboxylic acids is 1. The number of carboxylic acid groups (broad SMARTS) is 1. The molecular weight excluding hydrogens is 260 g/mol. The van der Waals surface area contributed by atoms with Crippen molar-refractivity contribution in [3.63, 3.8) is 0 Å². The van der Waals surface area contributed by atoms with Crippen LogP contribution in [0.2, 0.25) is 0 Å². The number of aromatic nitrogens is 1. The maximum absolute atomic E-state index is 11.8. The van der Waals surface area contributed by atoms with Crippen molar-refractivity contribution in [3.05, 3.63) is 17.8 Å². The van der Waals surface area contributed by atoms with Gasteiger partial charge in [-0.25, -0.2) is 9.78 Å². The van der Waals surface area contributed by atoms with Crippen molar-refractivity contribution in [1.82, 2.24) is 9.88 Å². The van der Waals surface area contributed by atoms with Gasteiger partial charge in [-0.15, -0.1) is 0 Å². The number of amides is 1. The molecular formula is C13H18N4O3. The van der Waals surface area contributed by atoms with Crippen molar-refractivity contribution in [2.45, 2.75) is 19.3 Å². The van der Waals surface area contributed by atoms with E-state index in [2.05, 4.69) is 10.3 Å². The van der Waals surface area contributed by atoms with Gasteiger partial charge in [0.2, 0.25) is 5.91 Å². The Hall–Kier alpha value is -2.31. The number of pyridine rings is 1. The Morgan fingerprint density at radius 1 is 1.40 bits per heavy atom. The number of hydrogen-bond donors (Lipinski definition) is 3. The highest BCUT2D eigenvalue weighted by atomic mass is 16.4. The second kappa shape index (κ2) is 6.23. The van der Waals surface area contributed by atoms with Gasteiger partial charge in [-0.2, -0.15) is 0 Å². The minimum absolute atomic E-state index is 0.0126. The van der Waals surface area contributed by atoms with E-state index in [4.69, 9.17) is 10.8 Å². The van der Waals surface area contributed by atoms with Gasteiger partial charge in [0, 0.05) is 26.1 Å². The zero-order chi connectivity index (χ0) is 14.5. The minimum Gasteiger partial charge on any atom is -0.478 e. The number of nitrogens with one attached hydrogen (secondary N) is 1. The average molecular weight is 278 g/mol. The molecule has 108 valence electrons. The number of anilines is 2. The summed E-state index contributed by atoms with van der Waals surface area (Å²) in [5.41, 5.74) is 5.82. The lowest BCUT2D eigenvalue weighted by Crippen LogP contribution is -2.29. The van der Waals surface area contributed by atoms with Gasteiger partial charge in [0.15, 0.2) is 0 Å². The highest BCUT2D eigenvalue weighted by molar-refractivity contribution is 5.94. The molecule has 0 spiro atoms. The summed E-state index contributed by atoms with van der Waals surface area (Å²) >= 11 is 0. The molecule has 7 heteroatoms.